The highest BCUT2D eigenvalue weighted by molar-refractivity contribution is 9.10. The van der Waals surface area contributed by atoms with Gasteiger partial charge in [0.2, 0.25) is 0 Å². The summed E-state index contributed by atoms with van der Waals surface area (Å²) >= 11 is 8.04. The van der Waals surface area contributed by atoms with Crippen LogP contribution in [-0.2, 0) is 0 Å². The Morgan fingerprint density at radius 3 is 2.68 bits per heavy atom. The van der Waals surface area contributed by atoms with Gasteiger partial charge in [-0.15, -0.1) is 0 Å². The highest BCUT2D eigenvalue weighted by atomic mass is 79.9. The number of nitrogens with one attached hydrogen (secondary N) is 1. The van der Waals surface area contributed by atoms with E-state index in [-0.39, 0.29) is 10.8 Å². The molecule has 0 amide bonds. The van der Waals surface area contributed by atoms with Gasteiger partial charge in [-0.1, -0.05) is 12.2 Å². The lowest BCUT2D eigenvalue weighted by molar-refractivity contribution is 0.284. The van der Waals surface area contributed by atoms with Crippen molar-refractivity contribution in [1.29, 1.82) is 0 Å². The van der Waals surface area contributed by atoms with Crippen molar-refractivity contribution < 1.29 is 4.39 Å². The van der Waals surface area contributed by atoms with E-state index in [9.17, 15) is 4.39 Å². The maximum Gasteiger partial charge on any atom is 0.161 e. The number of rotatable bonds is 6. The lowest BCUT2D eigenvalue weighted by atomic mass is 10.2. The fourth-order valence-electron chi connectivity index (χ4n) is 1.50. The molecule has 0 saturated heterocycles. The molecule has 6 heteroatoms. The Labute approximate surface area is 127 Å². The van der Waals surface area contributed by atoms with Crippen LogP contribution in [0.15, 0.2) is 16.6 Å². The molecule has 1 aromatic rings. The van der Waals surface area contributed by atoms with Gasteiger partial charge in [0.25, 0.3) is 0 Å². The summed E-state index contributed by atoms with van der Waals surface area (Å²) in [5.74, 6) is -0.363. The molecule has 0 atom stereocenters. The van der Waals surface area contributed by atoms with Crippen molar-refractivity contribution in [2.75, 3.05) is 25.5 Å². The first kappa shape index (κ1) is 16.3. The first-order chi connectivity index (χ1) is 8.84. The summed E-state index contributed by atoms with van der Waals surface area (Å²) in [6.45, 7) is 5.75. The third kappa shape index (κ3) is 4.40. The molecule has 0 saturated carbocycles. The second-order valence-electron chi connectivity index (χ2n) is 4.65. The lowest BCUT2D eigenvalue weighted by Gasteiger charge is -2.21. The normalized spacial score (nSPS) is 11.1. The Morgan fingerprint density at radius 2 is 2.16 bits per heavy atom. The highest BCUT2D eigenvalue weighted by Crippen LogP contribution is 2.26. The van der Waals surface area contributed by atoms with Gasteiger partial charge in [-0.3, -0.25) is 0 Å². The van der Waals surface area contributed by atoms with E-state index in [0.29, 0.717) is 28.3 Å². The number of thiocarbonyl (C=S) groups is 1. The maximum absolute atomic E-state index is 14.1. The Bertz CT molecular complexity index is 465. The molecular formula is C13H19BrFN3S. The second kappa shape index (κ2) is 7.17. The fraction of sp³-hybridized carbons (Fsp3) is 0.462. The number of halogens is 2. The average molecular weight is 348 g/mol. The first-order valence-electron chi connectivity index (χ1n) is 6.06. The van der Waals surface area contributed by atoms with Crippen molar-refractivity contribution in [3.63, 3.8) is 0 Å². The standard InChI is InChI=1S/C13H19BrFN3S/c1-8(2)18(3)7-6-17-10-5-4-9(13(16)19)11(14)12(10)15/h4-5,8,17H,6-7H2,1-3H3,(H2,16,19). The average Bonchev–Trinajstić information content (AvgIpc) is 2.33. The van der Waals surface area contributed by atoms with Crippen LogP contribution in [0.3, 0.4) is 0 Å². The zero-order valence-electron chi connectivity index (χ0n) is 11.3. The van der Waals surface area contributed by atoms with Gasteiger partial charge >= 0.3 is 0 Å². The van der Waals surface area contributed by atoms with E-state index >= 15 is 0 Å². The first-order valence-corrected chi connectivity index (χ1v) is 7.26. The Hall–Kier alpha value is -0.720. The molecule has 1 aromatic carbocycles. The Kier molecular flexibility index (Phi) is 6.16. The van der Waals surface area contributed by atoms with Crippen molar-refractivity contribution in [2.45, 2.75) is 19.9 Å². The Morgan fingerprint density at radius 1 is 1.53 bits per heavy atom. The molecule has 106 valence electrons. The minimum absolute atomic E-state index is 0.178. The van der Waals surface area contributed by atoms with Crippen molar-refractivity contribution in [1.82, 2.24) is 4.90 Å². The second-order valence-corrected chi connectivity index (χ2v) is 5.89. The van der Waals surface area contributed by atoms with Crippen LogP contribution < -0.4 is 11.1 Å². The lowest BCUT2D eigenvalue weighted by Crippen LogP contribution is -2.31. The zero-order valence-corrected chi connectivity index (χ0v) is 13.7. The van der Waals surface area contributed by atoms with Crippen LogP contribution in [0.25, 0.3) is 0 Å². The van der Waals surface area contributed by atoms with Crippen LogP contribution in [0.2, 0.25) is 0 Å². The minimum Gasteiger partial charge on any atom is -0.389 e. The van der Waals surface area contributed by atoms with Gasteiger partial charge in [0.05, 0.1) is 10.2 Å². The molecule has 0 aromatic heterocycles. The summed E-state index contributed by atoms with van der Waals surface area (Å²) in [5, 5.41) is 3.07. The molecule has 0 bridgehead atoms. The molecule has 0 aliphatic rings. The van der Waals surface area contributed by atoms with Gasteiger partial charge in [0.15, 0.2) is 5.82 Å². The molecule has 0 aliphatic heterocycles. The monoisotopic (exact) mass is 347 g/mol. The molecule has 0 unspecified atom stereocenters. The molecular weight excluding hydrogens is 329 g/mol. The van der Waals surface area contributed by atoms with Crippen molar-refractivity contribution in [3.8, 4) is 0 Å². The number of hydrogen-bond donors (Lipinski definition) is 2. The third-order valence-corrected chi connectivity index (χ3v) is 4.00. The van der Waals surface area contributed by atoms with Gasteiger partial charge < -0.3 is 16.0 Å². The number of nitrogens with zero attached hydrogens (tertiary/aromatic N) is 1. The number of nitrogens with two attached hydrogens (primary N) is 1. The summed E-state index contributed by atoms with van der Waals surface area (Å²) in [7, 11) is 2.04. The van der Waals surface area contributed by atoms with E-state index in [1.54, 1.807) is 12.1 Å². The minimum atomic E-state index is -0.363. The summed E-state index contributed by atoms with van der Waals surface area (Å²) in [6.07, 6.45) is 0. The number of anilines is 1. The number of benzene rings is 1. The molecule has 0 radical (unpaired) electrons. The summed E-state index contributed by atoms with van der Waals surface area (Å²) in [4.78, 5) is 2.36. The van der Waals surface area contributed by atoms with Gasteiger partial charge in [0.1, 0.15) is 4.99 Å². The van der Waals surface area contributed by atoms with Gasteiger partial charge in [-0.25, -0.2) is 4.39 Å². The summed E-state index contributed by atoms with van der Waals surface area (Å²) < 4.78 is 14.4. The summed E-state index contributed by atoms with van der Waals surface area (Å²) in [5.41, 5.74) is 6.47. The van der Waals surface area contributed by atoms with Crippen LogP contribution in [-0.4, -0.2) is 36.1 Å². The largest absolute Gasteiger partial charge is 0.389 e. The molecule has 0 fully saturated rings. The fourth-order valence-corrected chi connectivity index (χ4v) is 2.36. The number of likely N-dealkylation sites (N-methyl/N-ethyl adjacent to an activating group) is 1. The molecule has 0 heterocycles. The van der Waals surface area contributed by atoms with E-state index in [4.69, 9.17) is 18.0 Å². The van der Waals surface area contributed by atoms with Gasteiger partial charge in [-0.2, -0.15) is 0 Å². The van der Waals surface area contributed by atoms with Gasteiger partial charge in [-0.05, 0) is 49.0 Å². The quantitative estimate of drug-likeness (QED) is 0.776. The molecule has 1 rings (SSSR count). The highest BCUT2D eigenvalue weighted by Gasteiger charge is 2.12. The maximum atomic E-state index is 14.1. The van der Waals surface area contributed by atoms with Crippen LogP contribution in [0, 0.1) is 5.82 Å². The van der Waals surface area contributed by atoms with E-state index in [1.165, 1.54) is 0 Å². The van der Waals surface area contributed by atoms with Crippen LogP contribution in [0.4, 0.5) is 10.1 Å². The van der Waals surface area contributed by atoms with E-state index in [0.717, 1.165) is 6.54 Å². The predicted molar refractivity (Wildman–Crippen MR) is 86.2 cm³/mol. The zero-order chi connectivity index (χ0) is 14.6. The molecule has 0 spiro atoms. The Balaban J connectivity index is 2.70. The van der Waals surface area contributed by atoms with Crippen LogP contribution in [0.1, 0.15) is 19.4 Å². The third-order valence-electron chi connectivity index (χ3n) is 3.01. The number of hydrogen-bond acceptors (Lipinski definition) is 3. The van der Waals surface area contributed by atoms with E-state index in [1.807, 2.05) is 7.05 Å². The molecule has 3 N–H and O–H groups in total. The molecule has 0 aliphatic carbocycles. The SMILES string of the molecule is CC(C)N(C)CCNc1ccc(C(N)=S)c(Br)c1F. The van der Waals surface area contributed by atoms with Crippen molar-refractivity contribution in [2.24, 2.45) is 5.73 Å². The smallest absolute Gasteiger partial charge is 0.161 e. The topological polar surface area (TPSA) is 41.3 Å². The summed E-state index contributed by atoms with van der Waals surface area (Å²) in [6, 6.07) is 3.84. The molecule has 19 heavy (non-hydrogen) atoms. The van der Waals surface area contributed by atoms with Crippen LogP contribution in [0.5, 0.6) is 0 Å². The van der Waals surface area contributed by atoms with Gasteiger partial charge in [0, 0.05) is 24.7 Å². The van der Waals surface area contributed by atoms with Crippen molar-refractivity contribution >= 4 is 38.8 Å². The van der Waals surface area contributed by atoms with Crippen molar-refractivity contribution in [3.05, 3.63) is 28.0 Å². The van der Waals surface area contributed by atoms with Crippen LogP contribution >= 0.6 is 28.1 Å². The van der Waals surface area contributed by atoms with E-state index < -0.39 is 0 Å². The van der Waals surface area contributed by atoms with E-state index in [2.05, 4.69) is 40.0 Å². The molecule has 3 nitrogen and oxygen atoms in total. The predicted octanol–water partition coefficient (Wildman–Crippen LogP) is 2.97.